The van der Waals surface area contributed by atoms with E-state index in [1.165, 1.54) is 29.5 Å². The summed E-state index contributed by atoms with van der Waals surface area (Å²) in [7, 11) is 0. The van der Waals surface area contributed by atoms with Crippen LogP contribution in [0.15, 0.2) is 37.4 Å². The molecule has 2 aromatic rings. The van der Waals surface area contributed by atoms with Gasteiger partial charge in [0.2, 0.25) is 0 Å². The van der Waals surface area contributed by atoms with E-state index < -0.39 is 11.6 Å². The number of benzene rings is 1. The monoisotopic (exact) mass is 221 g/mol. The Bertz CT molecular complexity index is 506. The Morgan fingerprint density at radius 1 is 1.38 bits per heavy atom. The molecule has 1 heterocycles. The van der Waals surface area contributed by atoms with E-state index in [0.717, 1.165) is 6.07 Å². The molecule has 0 atom stereocenters. The molecule has 0 bridgehead atoms. The van der Waals surface area contributed by atoms with E-state index in [4.69, 9.17) is 0 Å². The van der Waals surface area contributed by atoms with Crippen LogP contribution in [-0.4, -0.2) is 14.8 Å². The molecule has 0 saturated carbocycles. The molecule has 82 valence electrons. The van der Waals surface area contributed by atoms with Crippen LogP contribution in [0.25, 0.3) is 5.57 Å². The van der Waals surface area contributed by atoms with Gasteiger partial charge >= 0.3 is 0 Å². The number of nitrogens with zero attached hydrogens (tertiary/aromatic N) is 3. The van der Waals surface area contributed by atoms with Crippen molar-refractivity contribution < 1.29 is 8.78 Å². The second-order valence-electron chi connectivity index (χ2n) is 3.32. The number of hydrogen-bond donors (Lipinski definition) is 0. The first-order valence-corrected chi connectivity index (χ1v) is 4.62. The van der Waals surface area contributed by atoms with Crippen LogP contribution in [0.3, 0.4) is 0 Å². The molecule has 1 aromatic carbocycles. The van der Waals surface area contributed by atoms with Gasteiger partial charge in [-0.1, -0.05) is 6.58 Å². The van der Waals surface area contributed by atoms with Crippen molar-refractivity contribution in [1.29, 1.82) is 0 Å². The zero-order chi connectivity index (χ0) is 11.5. The number of hydrogen-bond acceptors (Lipinski definition) is 2. The van der Waals surface area contributed by atoms with Gasteiger partial charge in [-0.15, -0.1) is 0 Å². The maximum Gasteiger partial charge on any atom is 0.137 e. The van der Waals surface area contributed by atoms with Crippen LogP contribution in [0.5, 0.6) is 0 Å². The Balaban J connectivity index is 2.21. The van der Waals surface area contributed by atoms with Gasteiger partial charge in [0.05, 0.1) is 6.54 Å². The Labute approximate surface area is 91.1 Å². The van der Waals surface area contributed by atoms with Gasteiger partial charge < -0.3 is 0 Å². The highest BCUT2D eigenvalue weighted by atomic mass is 19.1. The predicted molar refractivity (Wildman–Crippen MR) is 55.4 cm³/mol. The third-order valence-corrected chi connectivity index (χ3v) is 2.13. The summed E-state index contributed by atoms with van der Waals surface area (Å²) in [6.45, 7) is 4.06. The summed E-state index contributed by atoms with van der Waals surface area (Å²) in [5.74, 6) is -1.22. The molecule has 0 fully saturated rings. The Morgan fingerprint density at radius 2 is 2.19 bits per heavy atom. The van der Waals surface area contributed by atoms with Gasteiger partial charge in [-0.3, -0.25) is 0 Å². The van der Waals surface area contributed by atoms with Gasteiger partial charge in [0, 0.05) is 11.6 Å². The first-order valence-electron chi connectivity index (χ1n) is 4.62. The van der Waals surface area contributed by atoms with E-state index >= 15 is 0 Å². The standard InChI is InChI=1S/C11H9F2N3/c1-8(5-16-7-14-6-15-16)10-3-2-9(12)4-11(10)13/h2-4,6-7H,1,5H2. The van der Waals surface area contributed by atoms with E-state index in [2.05, 4.69) is 16.7 Å². The van der Waals surface area contributed by atoms with E-state index in [-0.39, 0.29) is 5.56 Å². The summed E-state index contributed by atoms with van der Waals surface area (Å²) < 4.78 is 27.6. The van der Waals surface area contributed by atoms with Gasteiger partial charge in [0.1, 0.15) is 24.3 Å². The zero-order valence-electron chi connectivity index (χ0n) is 8.40. The highest BCUT2D eigenvalue weighted by Gasteiger charge is 2.07. The summed E-state index contributed by atoms with van der Waals surface area (Å²) >= 11 is 0. The molecular formula is C11H9F2N3. The van der Waals surface area contributed by atoms with Crippen molar-refractivity contribution in [3.05, 3.63) is 54.6 Å². The maximum atomic E-state index is 13.4. The van der Waals surface area contributed by atoms with Gasteiger partial charge in [-0.25, -0.2) is 18.4 Å². The second-order valence-corrected chi connectivity index (χ2v) is 3.32. The Morgan fingerprint density at radius 3 is 2.81 bits per heavy atom. The normalized spacial score (nSPS) is 10.4. The first-order chi connectivity index (χ1) is 7.66. The van der Waals surface area contributed by atoms with Crippen molar-refractivity contribution in [1.82, 2.24) is 14.8 Å². The molecule has 0 aliphatic rings. The Kier molecular flexibility index (Phi) is 2.76. The highest BCUT2D eigenvalue weighted by molar-refractivity contribution is 5.63. The largest absolute Gasteiger partial charge is 0.249 e. The fraction of sp³-hybridized carbons (Fsp3) is 0.0909. The van der Waals surface area contributed by atoms with Crippen molar-refractivity contribution in [3.8, 4) is 0 Å². The van der Waals surface area contributed by atoms with Crippen molar-refractivity contribution in [2.75, 3.05) is 0 Å². The van der Waals surface area contributed by atoms with Crippen LogP contribution >= 0.6 is 0 Å². The minimum Gasteiger partial charge on any atom is -0.249 e. The summed E-state index contributed by atoms with van der Waals surface area (Å²) in [6, 6.07) is 3.40. The number of rotatable bonds is 3. The van der Waals surface area contributed by atoms with E-state index in [1.54, 1.807) is 0 Å². The molecule has 2 rings (SSSR count). The number of halogens is 2. The summed E-state index contributed by atoms with van der Waals surface area (Å²) in [5, 5.41) is 3.88. The van der Waals surface area contributed by atoms with Crippen LogP contribution in [0, 0.1) is 11.6 Å². The molecule has 5 heteroatoms. The van der Waals surface area contributed by atoms with Gasteiger partial charge in [-0.05, 0) is 17.7 Å². The smallest absolute Gasteiger partial charge is 0.137 e. The van der Waals surface area contributed by atoms with Gasteiger partial charge in [0.15, 0.2) is 0 Å². The molecule has 0 spiro atoms. The van der Waals surface area contributed by atoms with Crippen LogP contribution in [0.2, 0.25) is 0 Å². The lowest BCUT2D eigenvalue weighted by molar-refractivity contribution is 0.579. The molecule has 0 amide bonds. The quantitative estimate of drug-likeness (QED) is 0.796. The van der Waals surface area contributed by atoms with Crippen molar-refractivity contribution in [3.63, 3.8) is 0 Å². The first kappa shape index (κ1) is 10.5. The Hall–Kier alpha value is -2.04. The van der Waals surface area contributed by atoms with Crippen LogP contribution < -0.4 is 0 Å². The van der Waals surface area contributed by atoms with Gasteiger partial charge in [-0.2, -0.15) is 5.10 Å². The predicted octanol–water partition coefficient (Wildman–Crippen LogP) is 2.27. The van der Waals surface area contributed by atoms with E-state index in [0.29, 0.717) is 12.1 Å². The third-order valence-electron chi connectivity index (χ3n) is 2.13. The minimum absolute atomic E-state index is 0.289. The maximum absolute atomic E-state index is 13.4. The lowest BCUT2D eigenvalue weighted by Crippen LogP contribution is -2.02. The van der Waals surface area contributed by atoms with E-state index in [9.17, 15) is 8.78 Å². The van der Waals surface area contributed by atoms with E-state index in [1.807, 2.05) is 0 Å². The fourth-order valence-corrected chi connectivity index (χ4v) is 1.37. The van der Waals surface area contributed by atoms with Crippen LogP contribution in [0.4, 0.5) is 8.78 Å². The zero-order valence-corrected chi connectivity index (χ0v) is 8.40. The molecule has 3 nitrogen and oxygen atoms in total. The second kappa shape index (κ2) is 4.22. The molecule has 0 saturated heterocycles. The SMILES string of the molecule is C=C(Cn1cncn1)c1ccc(F)cc1F. The van der Waals surface area contributed by atoms with Crippen molar-refractivity contribution >= 4 is 5.57 Å². The molecule has 1 aromatic heterocycles. The van der Waals surface area contributed by atoms with Crippen LogP contribution in [-0.2, 0) is 6.54 Å². The number of aromatic nitrogens is 3. The van der Waals surface area contributed by atoms with Crippen molar-refractivity contribution in [2.24, 2.45) is 0 Å². The topological polar surface area (TPSA) is 30.7 Å². The molecule has 0 aliphatic carbocycles. The number of allylic oxidation sites excluding steroid dienone is 1. The van der Waals surface area contributed by atoms with Gasteiger partial charge in [0.25, 0.3) is 0 Å². The molecule has 0 unspecified atom stereocenters. The highest BCUT2D eigenvalue weighted by Crippen LogP contribution is 2.18. The third kappa shape index (κ3) is 2.13. The molecule has 0 aliphatic heterocycles. The fourth-order valence-electron chi connectivity index (χ4n) is 1.37. The minimum atomic E-state index is -0.620. The summed E-state index contributed by atoms with van der Waals surface area (Å²) in [5.41, 5.74) is 0.805. The lowest BCUT2D eigenvalue weighted by atomic mass is 10.1. The van der Waals surface area contributed by atoms with Crippen molar-refractivity contribution in [2.45, 2.75) is 6.54 Å². The summed E-state index contributed by atoms with van der Waals surface area (Å²) in [6.07, 6.45) is 2.89. The summed E-state index contributed by atoms with van der Waals surface area (Å²) in [4.78, 5) is 3.76. The molecular weight excluding hydrogens is 212 g/mol. The molecule has 0 radical (unpaired) electrons. The molecule has 16 heavy (non-hydrogen) atoms. The molecule has 0 N–H and O–H groups in total. The average molecular weight is 221 g/mol. The average Bonchev–Trinajstić information content (AvgIpc) is 2.70. The lowest BCUT2D eigenvalue weighted by Gasteiger charge is -2.06. The van der Waals surface area contributed by atoms with Crippen LogP contribution in [0.1, 0.15) is 5.56 Å².